The van der Waals surface area contributed by atoms with E-state index in [0.717, 1.165) is 21.3 Å². The molecule has 1 unspecified atom stereocenters. The van der Waals surface area contributed by atoms with E-state index < -0.39 is 5.60 Å². The normalized spacial score (nSPS) is 12.9. The fourth-order valence-electron chi connectivity index (χ4n) is 3.36. The number of rotatable bonds is 5. The third kappa shape index (κ3) is 3.47. The molecule has 1 atom stereocenters. The average Bonchev–Trinajstić information content (AvgIpc) is 2.75. The van der Waals surface area contributed by atoms with E-state index in [4.69, 9.17) is 4.74 Å². The van der Waals surface area contributed by atoms with E-state index in [9.17, 15) is 5.11 Å². The summed E-state index contributed by atoms with van der Waals surface area (Å²) in [4.78, 5) is 0. The van der Waals surface area contributed by atoms with Crippen LogP contribution in [0.5, 0.6) is 11.5 Å². The molecule has 1 N–H and O–H groups in total. The van der Waals surface area contributed by atoms with E-state index in [0.29, 0.717) is 11.3 Å². The van der Waals surface area contributed by atoms with Gasteiger partial charge >= 0.3 is 0 Å². The molecule has 4 rings (SSSR count). The van der Waals surface area contributed by atoms with Gasteiger partial charge in [-0.15, -0.1) is 0 Å². The highest BCUT2D eigenvalue weighted by Crippen LogP contribution is 2.44. The van der Waals surface area contributed by atoms with Crippen molar-refractivity contribution in [3.63, 3.8) is 0 Å². The standard InChI is InChI=1S/C25H19BrO2/c26-23-17-9-7-15-21(23)25(27,19-11-3-1-4-12-19)22-16-8-10-18-24(22)28-20-13-5-2-6-14-20/h1-18,27H. The van der Waals surface area contributed by atoms with Gasteiger partial charge in [-0.3, -0.25) is 0 Å². The van der Waals surface area contributed by atoms with Gasteiger partial charge < -0.3 is 9.84 Å². The summed E-state index contributed by atoms with van der Waals surface area (Å²) in [6.07, 6.45) is 0. The topological polar surface area (TPSA) is 29.5 Å². The van der Waals surface area contributed by atoms with Crippen molar-refractivity contribution >= 4 is 15.9 Å². The van der Waals surface area contributed by atoms with Crippen LogP contribution in [0, 0.1) is 0 Å². The number of halogens is 1. The quantitative estimate of drug-likeness (QED) is 0.364. The summed E-state index contributed by atoms with van der Waals surface area (Å²) < 4.78 is 6.99. The Hall–Kier alpha value is -2.88. The van der Waals surface area contributed by atoms with Gasteiger partial charge in [-0.25, -0.2) is 0 Å². The molecule has 28 heavy (non-hydrogen) atoms. The van der Waals surface area contributed by atoms with Crippen LogP contribution < -0.4 is 4.74 Å². The van der Waals surface area contributed by atoms with Crippen molar-refractivity contribution < 1.29 is 9.84 Å². The van der Waals surface area contributed by atoms with Crippen LogP contribution >= 0.6 is 15.9 Å². The van der Waals surface area contributed by atoms with Gasteiger partial charge in [0.2, 0.25) is 0 Å². The minimum atomic E-state index is -1.38. The molecule has 0 spiro atoms. The summed E-state index contributed by atoms with van der Waals surface area (Å²) in [6.45, 7) is 0. The fraction of sp³-hybridized carbons (Fsp3) is 0.0400. The Bertz CT molecular complexity index is 1060. The highest BCUT2D eigenvalue weighted by Gasteiger charge is 2.37. The minimum Gasteiger partial charge on any atom is -0.457 e. The van der Waals surface area contributed by atoms with Crippen LogP contribution in [0.25, 0.3) is 0 Å². The van der Waals surface area contributed by atoms with E-state index in [1.165, 1.54) is 0 Å². The van der Waals surface area contributed by atoms with Crippen LogP contribution in [0.3, 0.4) is 0 Å². The van der Waals surface area contributed by atoms with E-state index in [1.807, 2.05) is 109 Å². The zero-order chi connectivity index (χ0) is 19.4. The van der Waals surface area contributed by atoms with Crippen LogP contribution in [-0.2, 0) is 5.60 Å². The second-order valence-corrected chi connectivity index (χ2v) is 7.32. The van der Waals surface area contributed by atoms with Crippen molar-refractivity contribution in [1.29, 1.82) is 0 Å². The lowest BCUT2D eigenvalue weighted by Crippen LogP contribution is -2.29. The predicted molar refractivity (Wildman–Crippen MR) is 116 cm³/mol. The Morgan fingerprint density at radius 1 is 0.607 bits per heavy atom. The van der Waals surface area contributed by atoms with Gasteiger partial charge in [0.1, 0.15) is 17.1 Å². The lowest BCUT2D eigenvalue weighted by Gasteiger charge is -2.32. The lowest BCUT2D eigenvalue weighted by atomic mass is 9.80. The highest BCUT2D eigenvalue weighted by molar-refractivity contribution is 9.10. The monoisotopic (exact) mass is 430 g/mol. The fourth-order valence-corrected chi connectivity index (χ4v) is 3.93. The second kappa shape index (κ2) is 8.01. The first-order valence-electron chi connectivity index (χ1n) is 9.05. The molecule has 0 radical (unpaired) electrons. The molecule has 4 aromatic carbocycles. The largest absolute Gasteiger partial charge is 0.457 e. The first-order chi connectivity index (χ1) is 13.7. The highest BCUT2D eigenvalue weighted by atomic mass is 79.9. The molecule has 4 aromatic rings. The molecule has 0 bridgehead atoms. The first-order valence-corrected chi connectivity index (χ1v) is 9.84. The molecular formula is C25H19BrO2. The maximum Gasteiger partial charge on any atom is 0.145 e. The number of aliphatic hydroxyl groups is 1. The van der Waals surface area contributed by atoms with Gasteiger partial charge in [-0.1, -0.05) is 101 Å². The van der Waals surface area contributed by atoms with Crippen molar-refractivity contribution in [2.24, 2.45) is 0 Å². The Morgan fingerprint density at radius 2 is 1.14 bits per heavy atom. The SMILES string of the molecule is OC(c1ccccc1)(c1ccccc1Br)c1ccccc1Oc1ccccc1. The third-order valence-electron chi connectivity index (χ3n) is 4.70. The van der Waals surface area contributed by atoms with E-state index in [2.05, 4.69) is 15.9 Å². The number of hydrogen-bond donors (Lipinski definition) is 1. The van der Waals surface area contributed by atoms with Crippen molar-refractivity contribution in [1.82, 2.24) is 0 Å². The van der Waals surface area contributed by atoms with Gasteiger partial charge in [0.15, 0.2) is 0 Å². The van der Waals surface area contributed by atoms with E-state index in [1.54, 1.807) is 0 Å². The summed E-state index contributed by atoms with van der Waals surface area (Å²) in [7, 11) is 0. The molecule has 0 heterocycles. The Kier molecular flexibility index (Phi) is 5.29. The maximum atomic E-state index is 12.2. The van der Waals surface area contributed by atoms with Crippen LogP contribution in [0.1, 0.15) is 16.7 Å². The number of para-hydroxylation sites is 2. The molecule has 0 amide bonds. The molecule has 0 aliphatic carbocycles. The zero-order valence-electron chi connectivity index (χ0n) is 15.1. The molecule has 0 saturated heterocycles. The van der Waals surface area contributed by atoms with Crippen LogP contribution in [0.15, 0.2) is 114 Å². The molecule has 0 aliphatic heterocycles. The molecule has 2 nitrogen and oxygen atoms in total. The molecular weight excluding hydrogens is 412 g/mol. The van der Waals surface area contributed by atoms with Crippen molar-refractivity contribution in [3.8, 4) is 11.5 Å². The van der Waals surface area contributed by atoms with Crippen LogP contribution in [0.2, 0.25) is 0 Å². The molecule has 0 aliphatic rings. The predicted octanol–water partition coefficient (Wildman–Crippen LogP) is 6.53. The van der Waals surface area contributed by atoms with Gasteiger partial charge in [-0.05, 0) is 29.8 Å². The molecule has 138 valence electrons. The summed E-state index contributed by atoms with van der Waals surface area (Å²) in [5.41, 5.74) is 0.820. The van der Waals surface area contributed by atoms with Crippen molar-refractivity contribution in [3.05, 3.63) is 130 Å². The maximum absolute atomic E-state index is 12.2. The van der Waals surface area contributed by atoms with Crippen LogP contribution in [-0.4, -0.2) is 5.11 Å². The van der Waals surface area contributed by atoms with Gasteiger partial charge in [0, 0.05) is 15.6 Å². The van der Waals surface area contributed by atoms with Gasteiger partial charge in [0.25, 0.3) is 0 Å². The number of ether oxygens (including phenoxy) is 1. The minimum absolute atomic E-state index is 0.607. The summed E-state index contributed by atoms with van der Waals surface area (Å²) in [5, 5.41) is 12.2. The number of benzene rings is 4. The van der Waals surface area contributed by atoms with Crippen LogP contribution in [0.4, 0.5) is 0 Å². The smallest absolute Gasteiger partial charge is 0.145 e. The second-order valence-electron chi connectivity index (χ2n) is 6.47. The molecule has 3 heteroatoms. The van der Waals surface area contributed by atoms with Crippen molar-refractivity contribution in [2.45, 2.75) is 5.60 Å². The van der Waals surface area contributed by atoms with Gasteiger partial charge in [0.05, 0.1) is 0 Å². The first kappa shape index (κ1) is 18.5. The Balaban J connectivity index is 1.93. The summed E-state index contributed by atoms with van der Waals surface area (Å²) in [5.74, 6) is 1.33. The molecule has 0 saturated carbocycles. The zero-order valence-corrected chi connectivity index (χ0v) is 16.7. The average molecular weight is 431 g/mol. The Labute approximate surface area is 173 Å². The van der Waals surface area contributed by atoms with E-state index >= 15 is 0 Å². The van der Waals surface area contributed by atoms with Gasteiger partial charge in [-0.2, -0.15) is 0 Å². The summed E-state index contributed by atoms with van der Waals surface area (Å²) in [6, 6.07) is 34.6. The Morgan fingerprint density at radius 3 is 1.82 bits per heavy atom. The van der Waals surface area contributed by atoms with E-state index in [-0.39, 0.29) is 0 Å². The number of hydrogen-bond acceptors (Lipinski definition) is 2. The third-order valence-corrected chi connectivity index (χ3v) is 5.39. The molecule has 0 fully saturated rings. The van der Waals surface area contributed by atoms with Crippen molar-refractivity contribution in [2.75, 3.05) is 0 Å². The summed E-state index contributed by atoms with van der Waals surface area (Å²) >= 11 is 3.62. The molecule has 0 aromatic heterocycles. The lowest BCUT2D eigenvalue weighted by molar-refractivity contribution is 0.122.